The summed E-state index contributed by atoms with van der Waals surface area (Å²) < 4.78 is 5.83. The third-order valence-corrected chi connectivity index (χ3v) is 6.76. The zero-order valence-electron chi connectivity index (χ0n) is 22.0. The van der Waals surface area contributed by atoms with Gasteiger partial charge < -0.3 is 15.0 Å². The zero-order chi connectivity index (χ0) is 26.6. The first-order valence-corrected chi connectivity index (χ1v) is 13.3. The minimum Gasteiger partial charge on any atom is -0.494 e. The lowest BCUT2D eigenvalue weighted by atomic mass is 10.0. The molecule has 2 atom stereocenters. The van der Waals surface area contributed by atoms with Gasteiger partial charge in [0.25, 0.3) is 0 Å². The zero-order valence-corrected chi connectivity index (χ0v) is 22.7. The van der Waals surface area contributed by atoms with Crippen LogP contribution < -0.4 is 10.1 Å². The second-order valence-corrected chi connectivity index (χ2v) is 9.81. The van der Waals surface area contributed by atoms with Gasteiger partial charge in [-0.15, -0.1) is 0 Å². The van der Waals surface area contributed by atoms with Crippen LogP contribution in [-0.4, -0.2) is 35.4 Å². The van der Waals surface area contributed by atoms with Crippen LogP contribution >= 0.6 is 11.6 Å². The van der Waals surface area contributed by atoms with Crippen LogP contribution in [0.5, 0.6) is 5.75 Å². The molecule has 0 bridgehead atoms. The van der Waals surface area contributed by atoms with Crippen LogP contribution in [-0.2, 0) is 22.6 Å². The fourth-order valence-electron chi connectivity index (χ4n) is 4.00. The van der Waals surface area contributed by atoms with Crippen LogP contribution in [0.3, 0.4) is 0 Å². The van der Waals surface area contributed by atoms with E-state index in [0.717, 1.165) is 28.9 Å². The number of hydrogen-bond acceptors (Lipinski definition) is 3. The topological polar surface area (TPSA) is 58.6 Å². The molecule has 5 nitrogen and oxygen atoms in total. The lowest BCUT2D eigenvalue weighted by molar-refractivity contribution is -0.141. The quantitative estimate of drug-likeness (QED) is 0.267. The molecule has 0 fully saturated rings. The second-order valence-electron chi connectivity index (χ2n) is 9.40. The van der Waals surface area contributed by atoms with Crippen molar-refractivity contribution in [2.45, 2.75) is 65.1 Å². The number of amides is 2. The molecule has 3 aromatic carbocycles. The summed E-state index contributed by atoms with van der Waals surface area (Å²) in [7, 11) is 0. The Morgan fingerprint density at radius 2 is 1.65 bits per heavy atom. The Kier molecular flexibility index (Phi) is 11.0. The molecule has 196 valence electrons. The van der Waals surface area contributed by atoms with Gasteiger partial charge in [0.2, 0.25) is 11.8 Å². The summed E-state index contributed by atoms with van der Waals surface area (Å²) in [6, 6.07) is 24.4. The maximum absolute atomic E-state index is 13.7. The van der Waals surface area contributed by atoms with Gasteiger partial charge in [-0.1, -0.05) is 84.8 Å². The highest BCUT2D eigenvalue weighted by molar-refractivity contribution is 6.31. The highest BCUT2D eigenvalue weighted by atomic mass is 35.5. The molecule has 0 aliphatic carbocycles. The van der Waals surface area contributed by atoms with Gasteiger partial charge in [-0.2, -0.15) is 0 Å². The van der Waals surface area contributed by atoms with Gasteiger partial charge in [-0.05, 0) is 56.0 Å². The van der Waals surface area contributed by atoms with E-state index in [9.17, 15) is 9.59 Å². The van der Waals surface area contributed by atoms with Crippen molar-refractivity contribution < 1.29 is 14.3 Å². The van der Waals surface area contributed by atoms with E-state index in [1.807, 2.05) is 93.6 Å². The fourth-order valence-corrected chi connectivity index (χ4v) is 4.19. The Balaban J connectivity index is 1.80. The molecule has 0 aromatic heterocycles. The molecule has 1 N–H and O–H groups in total. The average Bonchev–Trinajstić information content (AvgIpc) is 2.91. The predicted molar refractivity (Wildman–Crippen MR) is 150 cm³/mol. The van der Waals surface area contributed by atoms with E-state index < -0.39 is 6.04 Å². The number of carbonyl (C=O) groups excluding carboxylic acids is 2. The molecule has 0 radical (unpaired) electrons. The molecule has 3 rings (SSSR count). The third-order valence-electron chi connectivity index (χ3n) is 6.40. The summed E-state index contributed by atoms with van der Waals surface area (Å²) >= 11 is 6.47. The van der Waals surface area contributed by atoms with Crippen molar-refractivity contribution in [2.24, 2.45) is 0 Å². The van der Waals surface area contributed by atoms with Crippen molar-refractivity contribution in [3.63, 3.8) is 0 Å². The van der Waals surface area contributed by atoms with Crippen molar-refractivity contribution in [3.05, 3.63) is 101 Å². The Bertz CT molecular complexity index is 1130. The van der Waals surface area contributed by atoms with Crippen molar-refractivity contribution >= 4 is 23.4 Å². The highest BCUT2D eigenvalue weighted by Crippen LogP contribution is 2.22. The molecule has 0 saturated carbocycles. The molecule has 6 heteroatoms. The van der Waals surface area contributed by atoms with E-state index in [1.165, 1.54) is 0 Å². The first-order chi connectivity index (χ1) is 17.9. The van der Waals surface area contributed by atoms with Crippen LogP contribution in [0.2, 0.25) is 5.02 Å². The standard InChI is InChI=1S/C31H37ClN2O3/c1-4-24(3)33-31(36)29(21-25-11-6-5-7-12-25)34(22-26-13-8-9-14-28(26)32)30(35)15-10-20-37-27-18-16-23(2)17-19-27/h5-9,11-14,16-19,24,29H,4,10,15,20-22H2,1-3H3,(H,33,36)/t24-,29+/m0/s1. The molecular formula is C31H37ClN2O3. The summed E-state index contributed by atoms with van der Waals surface area (Å²) in [4.78, 5) is 28.8. The van der Waals surface area contributed by atoms with Crippen molar-refractivity contribution in [3.8, 4) is 5.75 Å². The lowest BCUT2D eigenvalue weighted by Gasteiger charge is -2.32. The van der Waals surface area contributed by atoms with E-state index in [1.54, 1.807) is 11.0 Å². The van der Waals surface area contributed by atoms with E-state index in [0.29, 0.717) is 24.5 Å². The number of benzene rings is 3. The molecule has 3 aromatic rings. The largest absolute Gasteiger partial charge is 0.494 e. The van der Waals surface area contributed by atoms with Gasteiger partial charge in [0.15, 0.2) is 0 Å². The molecule has 2 amide bonds. The number of nitrogens with one attached hydrogen (secondary N) is 1. The maximum atomic E-state index is 13.7. The fraction of sp³-hybridized carbons (Fsp3) is 0.355. The number of aryl methyl sites for hydroxylation is 1. The first kappa shape index (κ1) is 28.3. The van der Waals surface area contributed by atoms with Gasteiger partial charge in [0.05, 0.1) is 6.61 Å². The number of carbonyl (C=O) groups is 2. The molecule has 0 unspecified atom stereocenters. The van der Waals surface area contributed by atoms with Crippen LogP contribution in [0.15, 0.2) is 78.9 Å². The minimum absolute atomic E-state index is 0.00551. The predicted octanol–water partition coefficient (Wildman–Crippen LogP) is 6.36. The van der Waals surface area contributed by atoms with Gasteiger partial charge in [-0.25, -0.2) is 0 Å². The van der Waals surface area contributed by atoms with Gasteiger partial charge in [0.1, 0.15) is 11.8 Å². The van der Waals surface area contributed by atoms with Gasteiger partial charge >= 0.3 is 0 Å². The number of ether oxygens (including phenoxy) is 1. The van der Waals surface area contributed by atoms with Crippen LogP contribution in [0.4, 0.5) is 0 Å². The van der Waals surface area contributed by atoms with Crippen LogP contribution in [0, 0.1) is 6.92 Å². The number of rotatable bonds is 13. The normalized spacial score (nSPS) is 12.4. The Hall–Kier alpha value is -3.31. The van der Waals surface area contributed by atoms with E-state index in [4.69, 9.17) is 16.3 Å². The average molecular weight is 521 g/mol. The van der Waals surface area contributed by atoms with E-state index in [2.05, 4.69) is 5.32 Å². The van der Waals surface area contributed by atoms with E-state index in [-0.39, 0.29) is 30.8 Å². The number of halogens is 1. The van der Waals surface area contributed by atoms with Crippen LogP contribution in [0.1, 0.15) is 49.8 Å². The second kappa shape index (κ2) is 14.4. The monoisotopic (exact) mass is 520 g/mol. The van der Waals surface area contributed by atoms with Crippen molar-refractivity contribution in [1.82, 2.24) is 10.2 Å². The molecular weight excluding hydrogens is 484 g/mol. The maximum Gasteiger partial charge on any atom is 0.243 e. The summed E-state index contributed by atoms with van der Waals surface area (Å²) in [5, 5.41) is 3.66. The first-order valence-electron chi connectivity index (χ1n) is 12.9. The smallest absolute Gasteiger partial charge is 0.243 e. The summed E-state index contributed by atoms with van der Waals surface area (Å²) in [6.07, 6.45) is 2.02. The van der Waals surface area contributed by atoms with Crippen LogP contribution in [0.25, 0.3) is 0 Å². The summed E-state index contributed by atoms with van der Waals surface area (Å²) in [5.74, 6) is 0.517. The Morgan fingerprint density at radius 1 is 0.973 bits per heavy atom. The number of nitrogens with zero attached hydrogens (tertiary/aromatic N) is 1. The SMILES string of the molecule is CC[C@H](C)NC(=O)[C@@H](Cc1ccccc1)N(Cc1ccccc1Cl)C(=O)CCCOc1ccc(C)cc1. The molecule has 0 heterocycles. The van der Waals surface area contributed by atoms with Crippen molar-refractivity contribution in [1.29, 1.82) is 0 Å². The van der Waals surface area contributed by atoms with E-state index >= 15 is 0 Å². The molecule has 0 aliphatic rings. The minimum atomic E-state index is -0.668. The molecule has 0 saturated heterocycles. The van der Waals surface area contributed by atoms with Gasteiger partial charge in [-0.3, -0.25) is 9.59 Å². The third kappa shape index (κ3) is 8.94. The summed E-state index contributed by atoms with van der Waals surface area (Å²) in [6.45, 7) is 6.69. The number of hydrogen-bond donors (Lipinski definition) is 1. The molecule has 37 heavy (non-hydrogen) atoms. The Morgan fingerprint density at radius 3 is 2.32 bits per heavy atom. The lowest BCUT2D eigenvalue weighted by Crippen LogP contribution is -2.52. The van der Waals surface area contributed by atoms with Crippen molar-refractivity contribution in [2.75, 3.05) is 6.61 Å². The molecule has 0 aliphatic heterocycles. The summed E-state index contributed by atoms with van der Waals surface area (Å²) in [5.41, 5.74) is 2.96. The molecule has 0 spiro atoms. The highest BCUT2D eigenvalue weighted by Gasteiger charge is 2.31. The van der Waals surface area contributed by atoms with Gasteiger partial charge in [0, 0.05) is 30.5 Å². The Labute approximate surface area is 225 Å².